The molecule has 0 atom stereocenters. The van der Waals surface area contributed by atoms with Crippen LogP contribution < -0.4 is 4.74 Å². The van der Waals surface area contributed by atoms with Crippen molar-refractivity contribution >= 4 is 0 Å². The molecule has 0 saturated carbocycles. The van der Waals surface area contributed by atoms with Crippen LogP contribution in [0.3, 0.4) is 0 Å². The Balaban J connectivity index is 0.00000106. The Kier molecular flexibility index (Phi) is 7.60. The van der Waals surface area contributed by atoms with Gasteiger partial charge in [-0.15, -0.1) is 0 Å². The van der Waals surface area contributed by atoms with E-state index < -0.39 is 0 Å². The Labute approximate surface area is 98.8 Å². The van der Waals surface area contributed by atoms with Crippen molar-refractivity contribution in [2.24, 2.45) is 0 Å². The predicted octanol–water partition coefficient (Wildman–Crippen LogP) is 4.66. The summed E-state index contributed by atoms with van der Waals surface area (Å²) in [5, 5.41) is 0. The van der Waals surface area contributed by atoms with Crippen LogP contribution in [0, 0.1) is 6.92 Å². The number of hydrogen-bond acceptors (Lipinski definition) is 1. The van der Waals surface area contributed by atoms with Crippen molar-refractivity contribution < 1.29 is 4.74 Å². The van der Waals surface area contributed by atoms with E-state index in [2.05, 4.69) is 13.2 Å². The van der Waals surface area contributed by atoms with Gasteiger partial charge in [-0.2, -0.15) is 0 Å². The Morgan fingerprint density at radius 3 is 2.12 bits per heavy atom. The molecule has 0 radical (unpaired) electrons. The first-order valence-electron chi connectivity index (χ1n) is 5.46. The molecule has 0 amide bonds. The highest BCUT2D eigenvalue weighted by atomic mass is 16.5. The molecule has 0 aliphatic heterocycles. The Morgan fingerprint density at radius 1 is 1.12 bits per heavy atom. The van der Waals surface area contributed by atoms with Gasteiger partial charge < -0.3 is 4.74 Å². The van der Waals surface area contributed by atoms with E-state index in [1.807, 2.05) is 45.0 Å². The minimum Gasteiger partial charge on any atom is -0.457 e. The van der Waals surface area contributed by atoms with Gasteiger partial charge in [0.15, 0.2) is 0 Å². The number of benzene rings is 1. The second-order valence-corrected chi connectivity index (χ2v) is 2.92. The summed E-state index contributed by atoms with van der Waals surface area (Å²) in [6.45, 7) is 13.3. The van der Waals surface area contributed by atoms with Crippen molar-refractivity contribution in [3.8, 4) is 5.75 Å². The van der Waals surface area contributed by atoms with Gasteiger partial charge in [0.1, 0.15) is 11.5 Å². The summed E-state index contributed by atoms with van der Waals surface area (Å²) in [5.74, 6) is 1.51. The Hall–Kier alpha value is -1.76. The first-order chi connectivity index (χ1) is 7.76. The predicted molar refractivity (Wildman–Crippen MR) is 71.6 cm³/mol. The van der Waals surface area contributed by atoms with Crippen LogP contribution >= 0.6 is 0 Å². The maximum Gasteiger partial charge on any atom is 0.127 e. The Bertz CT molecular complexity index is 344. The number of ether oxygens (including phenoxy) is 1. The molecule has 0 spiro atoms. The molecule has 86 valence electrons. The van der Waals surface area contributed by atoms with Crippen molar-refractivity contribution in [3.63, 3.8) is 0 Å². The highest BCUT2D eigenvalue weighted by Gasteiger charge is 1.94. The maximum atomic E-state index is 5.53. The van der Waals surface area contributed by atoms with Gasteiger partial charge in [0.25, 0.3) is 0 Å². The van der Waals surface area contributed by atoms with Crippen LogP contribution in [-0.4, -0.2) is 0 Å². The average molecular weight is 216 g/mol. The van der Waals surface area contributed by atoms with E-state index in [-0.39, 0.29) is 0 Å². The van der Waals surface area contributed by atoms with Gasteiger partial charge in [-0.05, 0) is 31.2 Å². The van der Waals surface area contributed by atoms with Gasteiger partial charge in [-0.3, -0.25) is 0 Å². The molecule has 1 aromatic rings. The zero-order valence-electron chi connectivity index (χ0n) is 10.4. The monoisotopic (exact) mass is 216 g/mol. The first-order valence-corrected chi connectivity index (χ1v) is 5.46. The van der Waals surface area contributed by atoms with Gasteiger partial charge in [0.2, 0.25) is 0 Å². The summed E-state index contributed by atoms with van der Waals surface area (Å²) in [7, 11) is 0. The van der Waals surface area contributed by atoms with Crippen molar-refractivity contribution in [1.82, 2.24) is 0 Å². The lowest BCUT2D eigenvalue weighted by atomic mass is 10.2. The van der Waals surface area contributed by atoms with Gasteiger partial charge in [-0.25, -0.2) is 0 Å². The molecule has 1 aromatic carbocycles. The van der Waals surface area contributed by atoms with E-state index >= 15 is 0 Å². The second kappa shape index (κ2) is 8.54. The largest absolute Gasteiger partial charge is 0.457 e. The molecule has 1 heteroatoms. The summed E-state index contributed by atoms with van der Waals surface area (Å²) >= 11 is 0. The van der Waals surface area contributed by atoms with Crippen molar-refractivity contribution in [2.75, 3.05) is 0 Å². The van der Waals surface area contributed by atoms with E-state index in [0.717, 1.165) is 5.75 Å². The summed E-state index contributed by atoms with van der Waals surface area (Å²) in [5.41, 5.74) is 1.21. The number of allylic oxidation sites excluding steroid dienone is 3. The molecule has 16 heavy (non-hydrogen) atoms. The van der Waals surface area contributed by atoms with Crippen molar-refractivity contribution in [1.29, 1.82) is 0 Å². The van der Waals surface area contributed by atoms with E-state index in [1.165, 1.54) is 5.56 Å². The van der Waals surface area contributed by atoms with Crippen LogP contribution in [0.1, 0.15) is 19.4 Å². The normalized spacial score (nSPS) is 9.81. The zero-order valence-corrected chi connectivity index (χ0v) is 10.4. The molecule has 0 heterocycles. The fourth-order valence-electron chi connectivity index (χ4n) is 1.00. The number of hydrogen-bond donors (Lipinski definition) is 0. The molecule has 0 unspecified atom stereocenters. The highest BCUT2D eigenvalue weighted by Crippen LogP contribution is 2.15. The van der Waals surface area contributed by atoms with Crippen LogP contribution in [0.4, 0.5) is 0 Å². The molecule has 1 nitrogen and oxygen atoms in total. The second-order valence-electron chi connectivity index (χ2n) is 2.92. The van der Waals surface area contributed by atoms with Crippen molar-refractivity contribution in [2.45, 2.75) is 20.8 Å². The molecule has 0 aliphatic carbocycles. The molecule has 0 aliphatic rings. The van der Waals surface area contributed by atoms with Crippen LogP contribution in [0.2, 0.25) is 0 Å². The van der Waals surface area contributed by atoms with Gasteiger partial charge in [-0.1, -0.05) is 50.8 Å². The quantitative estimate of drug-likeness (QED) is 0.525. The van der Waals surface area contributed by atoms with E-state index in [4.69, 9.17) is 4.74 Å². The lowest BCUT2D eigenvalue weighted by Crippen LogP contribution is -1.90. The van der Waals surface area contributed by atoms with Gasteiger partial charge in [0, 0.05) is 0 Å². The molecular formula is C15H20O. The number of aryl methyl sites for hydroxylation is 1. The molecule has 0 bridgehead atoms. The fraction of sp³-hybridized carbons (Fsp3) is 0.200. The third-order valence-corrected chi connectivity index (χ3v) is 1.74. The van der Waals surface area contributed by atoms with Crippen LogP contribution in [0.15, 0.2) is 61.4 Å². The summed E-state index contributed by atoms with van der Waals surface area (Å²) < 4.78 is 5.53. The minimum atomic E-state index is 0.698. The summed E-state index contributed by atoms with van der Waals surface area (Å²) in [6.07, 6.45) is 5.10. The van der Waals surface area contributed by atoms with Gasteiger partial charge >= 0.3 is 0 Å². The van der Waals surface area contributed by atoms with Crippen molar-refractivity contribution in [3.05, 3.63) is 67.0 Å². The molecule has 0 N–H and O–H groups in total. The lowest BCUT2D eigenvalue weighted by molar-refractivity contribution is 0.445. The Morgan fingerprint density at radius 2 is 1.69 bits per heavy atom. The third-order valence-electron chi connectivity index (χ3n) is 1.74. The summed E-state index contributed by atoms with van der Waals surface area (Å²) in [6, 6.07) is 7.86. The standard InChI is InChI=1S/C13H14O.C2H6/c1-4-6-12(5-2)14-13-9-7-11(3)8-10-13;1-2/h4-10H,1-2H2,3H3;1-2H3/b12-6+;. The molecular weight excluding hydrogens is 196 g/mol. The highest BCUT2D eigenvalue weighted by molar-refractivity contribution is 5.30. The van der Waals surface area contributed by atoms with Crippen LogP contribution in [0.5, 0.6) is 5.75 Å². The van der Waals surface area contributed by atoms with Crippen LogP contribution in [-0.2, 0) is 0 Å². The number of rotatable bonds is 4. The average Bonchev–Trinajstić information content (AvgIpc) is 2.34. The fourth-order valence-corrected chi connectivity index (χ4v) is 1.00. The summed E-state index contributed by atoms with van der Waals surface area (Å²) in [4.78, 5) is 0. The molecule has 0 fully saturated rings. The van der Waals surface area contributed by atoms with E-state index in [9.17, 15) is 0 Å². The smallest absolute Gasteiger partial charge is 0.127 e. The van der Waals surface area contributed by atoms with E-state index in [0.29, 0.717) is 5.76 Å². The first kappa shape index (κ1) is 14.2. The van der Waals surface area contributed by atoms with Gasteiger partial charge in [0.05, 0.1) is 0 Å². The third kappa shape index (κ3) is 5.20. The van der Waals surface area contributed by atoms with Crippen LogP contribution in [0.25, 0.3) is 0 Å². The SMILES string of the molecule is C=C/C=C(\C=C)Oc1ccc(C)cc1.CC. The molecule has 1 rings (SSSR count). The zero-order chi connectivity index (χ0) is 12.4. The maximum absolute atomic E-state index is 5.53. The molecule has 0 saturated heterocycles. The van der Waals surface area contributed by atoms with E-state index in [1.54, 1.807) is 18.2 Å². The lowest BCUT2D eigenvalue weighted by Gasteiger charge is -2.05. The topological polar surface area (TPSA) is 9.23 Å². The minimum absolute atomic E-state index is 0.698. The molecule has 0 aromatic heterocycles.